The third-order valence-corrected chi connectivity index (χ3v) is 6.26. The molecule has 3 fully saturated rings. The summed E-state index contributed by atoms with van der Waals surface area (Å²) in [4.78, 5) is 31.6. The highest BCUT2D eigenvalue weighted by Gasteiger charge is 2.45. The van der Waals surface area contributed by atoms with E-state index in [1.165, 1.54) is 6.33 Å². The van der Waals surface area contributed by atoms with E-state index in [1.807, 2.05) is 17.3 Å². The first-order valence-corrected chi connectivity index (χ1v) is 9.97. The molecule has 0 aromatic carbocycles. The van der Waals surface area contributed by atoms with Crippen molar-refractivity contribution in [3.8, 4) is 0 Å². The van der Waals surface area contributed by atoms with Gasteiger partial charge in [-0.1, -0.05) is 0 Å². The molecule has 28 heavy (non-hydrogen) atoms. The molecule has 2 aliphatic heterocycles. The smallest absolute Gasteiger partial charge is 0.256 e. The molecule has 1 N–H and O–H groups in total. The molecular formula is C20H24N6O2. The molecule has 2 saturated heterocycles. The lowest BCUT2D eigenvalue weighted by molar-refractivity contribution is -0.0387. The van der Waals surface area contributed by atoms with Crippen LogP contribution in [0.4, 0.5) is 5.95 Å². The third kappa shape index (κ3) is 3.22. The predicted octanol–water partition coefficient (Wildman–Crippen LogP) is 2.15. The Balaban J connectivity index is 1.22. The quantitative estimate of drug-likeness (QED) is 0.869. The maximum Gasteiger partial charge on any atom is 0.256 e. The van der Waals surface area contributed by atoms with Crippen molar-refractivity contribution in [2.75, 3.05) is 25.0 Å². The van der Waals surface area contributed by atoms with E-state index in [2.05, 4.69) is 25.3 Å². The summed E-state index contributed by atoms with van der Waals surface area (Å²) < 4.78 is 5.94. The number of anilines is 1. The largest absolute Gasteiger partial charge is 0.375 e. The van der Waals surface area contributed by atoms with E-state index >= 15 is 0 Å². The Morgan fingerprint density at radius 2 is 1.71 bits per heavy atom. The number of hydrogen-bond donors (Lipinski definition) is 1. The highest BCUT2D eigenvalue weighted by molar-refractivity contribution is 5.93. The summed E-state index contributed by atoms with van der Waals surface area (Å²) in [7, 11) is 0. The molecule has 3 aliphatic rings. The van der Waals surface area contributed by atoms with Gasteiger partial charge < -0.3 is 15.0 Å². The van der Waals surface area contributed by atoms with Crippen LogP contribution < -0.4 is 5.32 Å². The van der Waals surface area contributed by atoms with Gasteiger partial charge in [0.25, 0.3) is 5.91 Å². The Morgan fingerprint density at radius 3 is 2.32 bits per heavy atom. The van der Waals surface area contributed by atoms with Crippen LogP contribution in [-0.4, -0.2) is 56.0 Å². The number of piperidine rings is 1. The second-order valence-corrected chi connectivity index (χ2v) is 8.06. The van der Waals surface area contributed by atoms with Crippen molar-refractivity contribution in [3.05, 3.63) is 42.2 Å². The van der Waals surface area contributed by atoms with Gasteiger partial charge in [-0.2, -0.15) is 0 Å². The maximum atomic E-state index is 12.8. The van der Waals surface area contributed by atoms with Crippen molar-refractivity contribution >= 4 is 11.9 Å². The molecule has 0 atom stereocenters. The zero-order chi connectivity index (χ0) is 19.0. The molecule has 0 radical (unpaired) electrons. The van der Waals surface area contributed by atoms with Gasteiger partial charge in [0.2, 0.25) is 5.95 Å². The maximum absolute atomic E-state index is 12.8. The minimum absolute atomic E-state index is 0.00279. The molecule has 146 valence electrons. The topological polar surface area (TPSA) is 93.1 Å². The Morgan fingerprint density at radius 1 is 1.00 bits per heavy atom. The lowest BCUT2D eigenvalue weighted by Gasteiger charge is -2.38. The first kappa shape index (κ1) is 17.5. The van der Waals surface area contributed by atoms with Gasteiger partial charge in [0.15, 0.2) is 0 Å². The molecule has 8 heteroatoms. The van der Waals surface area contributed by atoms with Crippen LogP contribution in [0.1, 0.15) is 54.4 Å². The predicted molar refractivity (Wildman–Crippen MR) is 102 cm³/mol. The van der Waals surface area contributed by atoms with Crippen molar-refractivity contribution in [2.45, 2.75) is 49.7 Å². The van der Waals surface area contributed by atoms with Gasteiger partial charge in [-0.05, 0) is 38.5 Å². The van der Waals surface area contributed by atoms with Crippen molar-refractivity contribution in [2.24, 2.45) is 0 Å². The Hall–Kier alpha value is -2.61. The van der Waals surface area contributed by atoms with Crippen LogP contribution in [-0.2, 0) is 10.3 Å². The summed E-state index contributed by atoms with van der Waals surface area (Å²) in [6, 6.07) is 0. The lowest BCUT2D eigenvalue weighted by atomic mass is 9.88. The van der Waals surface area contributed by atoms with E-state index in [-0.39, 0.29) is 17.0 Å². The fourth-order valence-electron chi connectivity index (χ4n) is 4.32. The number of likely N-dealkylation sites (tertiary alicyclic amines) is 1. The van der Waals surface area contributed by atoms with Crippen LogP contribution in [0, 0.1) is 0 Å². The second kappa shape index (κ2) is 6.77. The molecule has 1 amide bonds. The molecule has 0 unspecified atom stereocenters. The van der Waals surface area contributed by atoms with Gasteiger partial charge in [0.1, 0.15) is 6.33 Å². The van der Waals surface area contributed by atoms with Gasteiger partial charge in [0, 0.05) is 50.0 Å². The summed E-state index contributed by atoms with van der Waals surface area (Å²) in [5, 5.41) is 3.38. The van der Waals surface area contributed by atoms with E-state index in [1.54, 1.807) is 12.4 Å². The minimum atomic E-state index is -0.185. The second-order valence-electron chi connectivity index (χ2n) is 8.06. The Labute approximate surface area is 163 Å². The third-order valence-electron chi connectivity index (χ3n) is 6.26. The van der Waals surface area contributed by atoms with Gasteiger partial charge >= 0.3 is 0 Å². The molecule has 1 aliphatic carbocycles. The number of carbonyl (C=O) groups excluding carboxylic acids is 1. The van der Waals surface area contributed by atoms with E-state index in [9.17, 15) is 4.79 Å². The molecule has 4 heterocycles. The number of amides is 1. The molecule has 1 saturated carbocycles. The zero-order valence-corrected chi connectivity index (χ0v) is 15.8. The summed E-state index contributed by atoms with van der Waals surface area (Å²) in [6.07, 6.45) is 14.5. The van der Waals surface area contributed by atoms with Crippen molar-refractivity contribution in [1.82, 2.24) is 24.8 Å². The monoisotopic (exact) mass is 380 g/mol. The first-order chi connectivity index (χ1) is 13.7. The Bertz CT molecular complexity index is 837. The van der Waals surface area contributed by atoms with Crippen LogP contribution in [0.3, 0.4) is 0 Å². The van der Waals surface area contributed by atoms with Crippen molar-refractivity contribution in [1.29, 1.82) is 0 Å². The number of rotatable bonds is 4. The zero-order valence-electron chi connectivity index (χ0n) is 15.8. The first-order valence-electron chi connectivity index (χ1n) is 9.97. The van der Waals surface area contributed by atoms with Crippen LogP contribution in [0.15, 0.2) is 31.1 Å². The van der Waals surface area contributed by atoms with Crippen molar-refractivity contribution < 1.29 is 9.53 Å². The molecule has 5 rings (SSSR count). The summed E-state index contributed by atoms with van der Waals surface area (Å²) in [6.45, 7) is 2.32. The lowest BCUT2D eigenvalue weighted by Crippen LogP contribution is -2.46. The number of carbonyl (C=O) groups is 1. The number of nitrogens with one attached hydrogen (secondary N) is 1. The van der Waals surface area contributed by atoms with E-state index in [0.29, 0.717) is 11.5 Å². The summed E-state index contributed by atoms with van der Waals surface area (Å²) in [5.74, 6) is 0.520. The van der Waals surface area contributed by atoms with E-state index in [0.717, 1.165) is 63.8 Å². The molecule has 0 bridgehead atoms. The van der Waals surface area contributed by atoms with Gasteiger partial charge in [-0.25, -0.2) is 19.9 Å². The molecular weight excluding hydrogens is 356 g/mol. The van der Waals surface area contributed by atoms with Gasteiger partial charge in [-0.15, -0.1) is 0 Å². The molecule has 2 aromatic rings. The minimum Gasteiger partial charge on any atom is -0.375 e. The number of aromatic nitrogens is 4. The molecule has 8 nitrogen and oxygen atoms in total. The number of ether oxygens (including phenoxy) is 1. The van der Waals surface area contributed by atoms with Crippen LogP contribution in [0.25, 0.3) is 0 Å². The van der Waals surface area contributed by atoms with E-state index in [4.69, 9.17) is 4.74 Å². The number of nitrogens with zero attached hydrogens (tertiary/aromatic N) is 5. The Kier molecular flexibility index (Phi) is 4.23. The summed E-state index contributed by atoms with van der Waals surface area (Å²) in [5.41, 5.74) is 1.40. The highest BCUT2D eigenvalue weighted by atomic mass is 16.5. The average Bonchev–Trinajstić information content (AvgIpc) is 3.40. The van der Waals surface area contributed by atoms with Crippen molar-refractivity contribution in [3.63, 3.8) is 0 Å². The average molecular weight is 380 g/mol. The fourth-order valence-corrected chi connectivity index (χ4v) is 4.32. The number of hydrogen-bond acceptors (Lipinski definition) is 7. The highest BCUT2D eigenvalue weighted by Crippen LogP contribution is 2.47. The molecule has 2 aromatic heterocycles. The van der Waals surface area contributed by atoms with E-state index < -0.39 is 0 Å². The summed E-state index contributed by atoms with van der Waals surface area (Å²) >= 11 is 0. The molecule has 1 spiro atoms. The van der Waals surface area contributed by atoms with Crippen LogP contribution >= 0.6 is 0 Å². The fraction of sp³-hybridized carbons (Fsp3) is 0.550. The van der Waals surface area contributed by atoms with Gasteiger partial charge in [0.05, 0.1) is 16.7 Å². The normalized spacial score (nSPS) is 22.2. The standard InChI is InChI=1S/C20H24N6O2/c27-17(26-7-5-19(6-8-26)2-1-9-28-19)15-10-23-18(24-11-15)25-20(3-4-20)16-12-21-14-22-13-16/h10-14H,1-9H2,(H,23,24,25). The van der Waals surface area contributed by atoms with Crippen LogP contribution in [0.2, 0.25) is 0 Å². The van der Waals surface area contributed by atoms with Gasteiger partial charge in [-0.3, -0.25) is 4.79 Å². The SMILES string of the molecule is O=C(c1cnc(NC2(c3cncnc3)CC2)nc1)N1CCC2(CCCO2)CC1. The van der Waals surface area contributed by atoms with Crippen LogP contribution in [0.5, 0.6) is 0 Å².